The number of hydrogen-bond acceptors (Lipinski definition) is 4. The molecule has 5 fully saturated rings. The van der Waals surface area contributed by atoms with Crippen molar-refractivity contribution in [3.8, 4) is 0 Å². The number of pyridine rings is 1. The van der Waals surface area contributed by atoms with Gasteiger partial charge in [0.25, 0.3) is 5.91 Å². The third kappa shape index (κ3) is 2.30. The summed E-state index contributed by atoms with van der Waals surface area (Å²) in [6, 6.07) is 3.89. The minimum absolute atomic E-state index is 0. The molecule has 0 unspecified atom stereocenters. The highest BCUT2D eigenvalue weighted by molar-refractivity contribution is 5.90. The van der Waals surface area contributed by atoms with Crippen LogP contribution in [0, 0.1) is 17.8 Å². The molecule has 6 rings (SSSR count). The van der Waals surface area contributed by atoms with Gasteiger partial charge in [0.05, 0.1) is 0 Å². The number of piperidine rings is 1. The predicted molar refractivity (Wildman–Crippen MR) is 101 cm³/mol. The lowest BCUT2D eigenvalue weighted by Gasteiger charge is -2.70. The third-order valence-corrected chi connectivity index (χ3v) is 7.68. The molecular weight excluding hydrogens is 350 g/mol. The molecule has 5 aliphatic rings. The molecule has 1 amide bonds. The molecule has 142 valence electrons. The van der Waals surface area contributed by atoms with Crippen molar-refractivity contribution in [1.82, 2.24) is 9.88 Å². The van der Waals surface area contributed by atoms with Gasteiger partial charge in [0, 0.05) is 43.8 Å². The number of nitrogens with zero attached hydrogens (tertiary/aromatic N) is 2. The van der Waals surface area contributed by atoms with Crippen LogP contribution in [0.2, 0.25) is 0 Å². The highest BCUT2D eigenvalue weighted by Gasteiger charge is 2.63. The van der Waals surface area contributed by atoms with Crippen LogP contribution >= 0.6 is 12.4 Å². The summed E-state index contributed by atoms with van der Waals surface area (Å²) >= 11 is 0. The lowest BCUT2D eigenvalue weighted by Crippen LogP contribution is -2.73. The highest BCUT2D eigenvalue weighted by Crippen LogP contribution is 2.63. The second-order valence-electron chi connectivity index (χ2n) is 8.72. The molecule has 4 saturated carbocycles. The Kier molecular flexibility index (Phi) is 4.33. The first-order valence-corrected chi connectivity index (χ1v) is 9.64. The van der Waals surface area contributed by atoms with Crippen LogP contribution in [0.25, 0.3) is 0 Å². The fourth-order valence-electron chi connectivity index (χ4n) is 6.37. The Morgan fingerprint density at radius 1 is 1.27 bits per heavy atom. The van der Waals surface area contributed by atoms with Gasteiger partial charge < -0.3 is 10.5 Å². The maximum absolute atomic E-state index is 11.6. The van der Waals surface area contributed by atoms with E-state index in [-0.39, 0.29) is 18.0 Å². The van der Waals surface area contributed by atoms with E-state index in [1.165, 1.54) is 38.5 Å². The summed E-state index contributed by atoms with van der Waals surface area (Å²) in [5.74, 6) is 1.49. The first-order chi connectivity index (χ1) is 12.1. The number of aromatic nitrogens is 1. The molecular formula is C20H28ClN3O2. The van der Waals surface area contributed by atoms with Gasteiger partial charge in [-0.15, -0.1) is 12.4 Å². The summed E-state index contributed by atoms with van der Waals surface area (Å²) in [6.07, 6.45) is 9.59. The molecule has 1 aliphatic heterocycles. The fraction of sp³-hybridized carbons (Fsp3) is 0.700. The lowest BCUT2D eigenvalue weighted by atomic mass is 9.48. The van der Waals surface area contributed by atoms with E-state index in [0.717, 1.165) is 24.6 Å². The minimum Gasteiger partial charge on any atom is -0.373 e. The minimum atomic E-state index is -0.468. The Morgan fingerprint density at radius 2 is 1.92 bits per heavy atom. The summed E-state index contributed by atoms with van der Waals surface area (Å²) in [4.78, 5) is 18.5. The summed E-state index contributed by atoms with van der Waals surface area (Å²) < 4.78 is 6.29. The first-order valence-electron chi connectivity index (χ1n) is 9.64. The van der Waals surface area contributed by atoms with Gasteiger partial charge in [0.2, 0.25) is 0 Å². The van der Waals surface area contributed by atoms with Crippen LogP contribution in [0.1, 0.15) is 54.6 Å². The Hall–Kier alpha value is -1.17. The standard InChI is InChI=1S/C20H27N3O2.ClH/c1-25-20(14-5-6-22-17(7-14)18(21)24)15-3-2-4-16(20)12-23(11-15)19-8-13(9-19)10-19;/h5-7,13,15-16H,2-4,8-12H2,1H3,(H2,21,24);1H/t13?,15-,16+,19?,20+;. The van der Waals surface area contributed by atoms with E-state index in [0.29, 0.717) is 23.1 Å². The molecule has 1 saturated heterocycles. The van der Waals surface area contributed by atoms with Crippen molar-refractivity contribution in [2.24, 2.45) is 23.5 Å². The van der Waals surface area contributed by atoms with Gasteiger partial charge >= 0.3 is 0 Å². The number of carbonyl (C=O) groups excluding carboxylic acids is 1. The molecule has 6 heteroatoms. The molecule has 2 N–H and O–H groups in total. The van der Waals surface area contributed by atoms with Gasteiger partial charge in [-0.05, 0) is 55.7 Å². The Bertz CT molecular complexity index is 694. The topological polar surface area (TPSA) is 68.5 Å². The van der Waals surface area contributed by atoms with E-state index >= 15 is 0 Å². The average molecular weight is 378 g/mol. The number of hydrogen-bond donors (Lipinski definition) is 1. The number of fused-ring (bicyclic) bond motifs is 2. The predicted octanol–water partition coefficient (Wildman–Crippen LogP) is 2.73. The lowest BCUT2D eigenvalue weighted by molar-refractivity contribution is -0.226. The highest BCUT2D eigenvalue weighted by atomic mass is 35.5. The average Bonchev–Trinajstić information content (AvgIpc) is 2.51. The van der Waals surface area contributed by atoms with E-state index in [1.807, 2.05) is 19.2 Å². The second kappa shape index (κ2) is 6.18. The normalized spacial score (nSPS) is 40.7. The van der Waals surface area contributed by atoms with Gasteiger partial charge in [-0.2, -0.15) is 0 Å². The molecule has 0 spiro atoms. The van der Waals surface area contributed by atoms with Crippen LogP contribution in [-0.4, -0.2) is 41.5 Å². The Balaban J connectivity index is 0.00000168. The second-order valence-corrected chi connectivity index (χ2v) is 8.72. The largest absolute Gasteiger partial charge is 0.373 e. The molecule has 4 aliphatic carbocycles. The van der Waals surface area contributed by atoms with Crippen LogP contribution in [0.15, 0.2) is 18.3 Å². The summed E-state index contributed by atoms with van der Waals surface area (Å²) in [6.45, 7) is 2.23. The Labute approximate surface area is 161 Å². The molecule has 26 heavy (non-hydrogen) atoms. The zero-order chi connectivity index (χ0) is 17.2. The van der Waals surface area contributed by atoms with Crippen LogP contribution in [0.4, 0.5) is 0 Å². The van der Waals surface area contributed by atoms with Crippen molar-refractivity contribution >= 4 is 18.3 Å². The third-order valence-electron chi connectivity index (χ3n) is 7.68. The van der Waals surface area contributed by atoms with Crippen molar-refractivity contribution < 1.29 is 9.53 Å². The van der Waals surface area contributed by atoms with Gasteiger partial charge in [-0.1, -0.05) is 6.42 Å². The van der Waals surface area contributed by atoms with E-state index in [2.05, 4.69) is 9.88 Å². The summed E-state index contributed by atoms with van der Waals surface area (Å²) in [5.41, 5.74) is 7.13. The van der Waals surface area contributed by atoms with Gasteiger partial charge in [0.15, 0.2) is 0 Å². The number of rotatable bonds is 4. The van der Waals surface area contributed by atoms with Crippen molar-refractivity contribution in [2.75, 3.05) is 20.2 Å². The molecule has 4 bridgehead atoms. The molecule has 1 aromatic rings. The number of amides is 1. The first kappa shape index (κ1) is 18.2. The maximum atomic E-state index is 11.6. The number of primary amides is 1. The Morgan fingerprint density at radius 3 is 2.42 bits per heavy atom. The number of ether oxygens (including phenoxy) is 1. The van der Waals surface area contributed by atoms with Gasteiger partial charge in [-0.25, -0.2) is 0 Å². The quantitative estimate of drug-likeness (QED) is 0.875. The smallest absolute Gasteiger partial charge is 0.267 e. The van der Waals surface area contributed by atoms with Gasteiger partial charge in [-0.3, -0.25) is 14.7 Å². The van der Waals surface area contributed by atoms with Crippen LogP contribution in [-0.2, 0) is 10.3 Å². The van der Waals surface area contributed by atoms with Crippen molar-refractivity contribution in [1.29, 1.82) is 0 Å². The number of likely N-dealkylation sites (tertiary alicyclic amines) is 1. The van der Waals surface area contributed by atoms with Crippen molar-refractivity contribution in [3.63, 3.8) is 0 Å². The number of carbonyl (C=O) groups is 1. The number of methoxy groups -OCH3 is 1. The molecule has 3 atom stereocenters. The molecule has 1 aromatic heterocycles. The van der Waals surface area contributed by atoms with E-state index in [1.54, 1.807) is 6.20 Å². The molecule has 2 heterocycles. The summed E-state index contributed by atoms with van der Waals surface area (Å²) in [5, 5.41) is 0. The SMILES string of the molecule is CO[C@@]1(c2ccnc(C(N)=O)c2)[C@@H]2CCC[C@H]1CN(C13CC(C1)C3)C2.Cl. The monoisotopic (exact) mass is 377 g/mol. The zero-order valence-electron chi connectivity index (χ0n) is 15.3. The van der Waals surface area contributed by atoms with E-state index in [9.17, 15) is 4.79 Å². The molecule has 0 radical (unpaired) electrons. The molecule has 0 aromatic carbocycles. The van der Waals surface area contributed by atoms with Gasteiger partial charge in [0.1, 0.15) is 11.3 Å². The fourth-order valence-corrected chi connectivity index (χ4v) is 6.37. The van der Waals surface area contributed by atoms with E-state index in [4.69, 9.17) is 10.5 Å². The van der Waals surface area contributed by atoms with Crippen LogP contribution < -0.4 is 5.73 Å². The van der Waals surface area contributed by atoms with Crippen molar-refractivity contribution in [2.45, 2.75) is 49.7 Å². The maximum Gasteiger partial charge on any atom is 0.267 e. The van der Waals surface area contributed by atoms with Crippen molar-refractivity contribution in [3.05, 3.63) is 29.6 Å². The number of halogens is 1. The van der Waals surface area contributed by atoms with E-state index < -0.39 is 5.91 Å². The zero-order valence-corrected chi connectivity index (χ0v) is 16.1. The summed E-state index contributed by atoms with van der Waals surface area (Å²) in [7, 11) is 1.84. The van der Waals surface area contributed by atoms with Crippen LogP contribution in [0.5, 0.6) is 0 Å². The number of nitrogens with two attached hydrogens (primary N) is 1. The molecule has 5 nitrogen and oxygen atoms in total. The van der Waals surface area contributed by atoms with Crippen LogP contribution in [0.3, 0.4) is 0 Å².